The Morgan fingerprint density at radius 3 is 2.77 bits per heavy atom. The van der Waals surface area contributed by atoms with Crippen molar-refractivity contribution in [2.45, 2.75) is 0 Å². The molecule has 3 aromatic rings. The zero-order chi connectivity index (χ0) is 15.1. The van der Waals surface area contributed by atoms with Gasteiger partial charge in [-0.25, -0.2) is 9.38 Å². The summed E-state index contributed by atoms with van der Waals surface area (Å²) in [6, 6.07) is 12.2. The lowest BCUT2D eigenvalue weighted by Gasteiger charge is -2.10. The van der Waals surface area contributed by atoms with Gasteiger partial charge in [0.15, 0.2) is 0 Å². The normalized spacial score (nSPS) is 12.7. The highest BCUT2D eigenvalue weighted by molar-refractivity contribution is 6.35. The Morgan fingerprint density at radius 1 is 1.05 bits per heavy atom. The summed E-state index contributed by atoms with van der Waals surface area (Å²) in [7, 11) is 0. The van der Waals surface area contributed by atoms with Crippen LogP contribution in [0.4, 0.5) is 15.8 Å². The molecule has 0 unspecified atom stereocenters. The molecule has 0 atom stereocenters. The number of anilines is 1. The third-order valence-electron chi connectivity index (χ3n) is 3.50. The van der Waals surface area contributed by atoms with E-state index in [9.17, 15) is 4.39 Å². The van der Waals surface area contributed by atoms with Crippen molar-refractivity contribution >= 4 is 28.8 Å². The first kappa shape index (κ1) is 13.0. The summed E-state index contributed by atoms with van der Waals surface area (Å²) < 4.78 is 14.2. The number of nitrogens with zero attached hydrogens (tertiary/aromatic N) is 2. The molecule has 2 heterocycles. The summed E-state index contributed by atoms with van der Waals surface area (Å²) >= 11 is 6.16. The molecular weight excluding hydrogens is 303 g/mol. The van der Waals surface area contributed by atoms with Gasteiger partial charge in [-0.2, -0.15) is 5.10 Å². The SMILES string of the molecule is Fc1cccc(Cl)c1C1=Nc2ccccc2-c2[nH]ncc2N1. The number of fused-ring (bicyclic) bond motifs is 3. The van der Waals surface area contributed by atoms with Crippen LogP contribution in [0.2, 0.25) is 5.02 Å². The average Bonchev–Trinajstić information content (AvgIpc) is 2.90. The van der Waals surface area contributed by atoms with Crippen molar-refractivity contribution in [3.8, 4) is 11.3 Å². The largest absolute Gasteiger partial charge is 0.337 e. The lowest BCUT2D eigenvalue weighted by molar-refractivity contribution is 0.625. The highest BCUT2D eigenvalue weighted by atomic mass is 35.5. The second kappa shape index (κ2) is 4.96. The number of hydrogen-bond donors (Lipinski definition) is 2. The number of halogens is 2. The number of H-pyrrole nitrogens is 1. The van der Waals surface area contributed by atoms with E-state index >= 15 is 0 Å². The van der Waals surface area contributed by atoms with Gasteiger partial charge in [-0.15, -0.1) is 0 Å². The minimum atomic E-state index is -0.428. The van der Waals surface area contributed by atoms with Gasteiger partial charge in [0.25, 0.3) is 0 Å². The molecule has 0 bridgehead atoms. The maximum Gasteiger partial charge on any atom is 0.142 e. The fraction of sp³-hybridized carbons (Fsp3) is 0. The summed E-state index contributed by atoms with van der Waals surface area (Å²) in [6.45, 7) is 0. The molecule has 0 saturated heterocycles. The number of benzene rings is 2. The van der Waals surface area contributed by atoms with Gasteiger partial charge in [0.2, 0.25) is 0 Å². The van der Waals surface area contributed by atoms with Crippen LogP contribution < -0.4 is 5.32 Å². The van der Waals surface area contributed by atoms with Gasteiger partial charge in [0.1, 0.15) is 11.7 Å². The molecule has 0 saturated carbocycles. The van der Waals surface area contributed by atoms with Gasteiger partial charge in [0, 0.05) is 5.56 Å². The molecule has 4 rings (SSSR count). The van der Waals surface area contributed by atoms with Crippen molar-refractivity contribution in [2.75, 3.05) is 5.32 Å². The zero-order valence-corrected chi connectivity index (χ0v) is 12.0. The van der Waals surface area contributed by atoms with Crippen LogP contribution in [0.1, 0.15) is 5.56 Å². The second-order valence-electron chi connectivity index (χ2n) is 4.86. The summed E-state index contributed by atoms with van der Waals surface area (Å²) in [6.07, 6.45) is 1.64. The molecule has 0 amide bonds. The molecule has 2 aromatic carbocycles. The Bertz CT molecular complexity index is 880. The summed E-state index contributed by atoms with van der Waals surface area (Å²) in [4.78, 5) is 4.55. The third-order valence-corrected chi connectivity index (χ3v) is 3.81. The van der Waals surface area contributed by atoms with E-state index in [-0.39, 0.29) is 5.56 Å². The molecule has 4 nitrogen and oxygen atoms in total. The van der Waals surface area contributed by atoms with E-state index in [1.807, 2.05) is 24.3 Å². The number of rotatable bonds is 1. The smallest absolute Gasteiger partial charge is 0.142 e. The average molecular weight is 313 g/mol. The van der Waals surface area contributed by atoms with Crippen LogP contribution in [-0.2, 0) is 0 Å². The van der Waals surface area contributed by atoms with Gasteiger partial charge in [-0.3, -0.25) is 5.10 Å². The Labute approximate surface area is 130 Å². The van der Waals surface area contributed by atoms with Gasteiger partial charge in [0.05, 0.1) is 33.9 Å². The summed E-state index contributed by atoms with van der Waals surface area (Å²) in [5, 5.41) is 10.4. The fourth-order valence-electron chi connectivity index (χ4n) is 2.49. The monoisotopic (exact) mass is 312 g/mol. The number of amidine groups is 1. The van der Waals surface area contributed by atoms with Crippen LogP contribution >= 0.6 is 11.6 Å². The van der Waals surface area contributed by atoms with Gasteiger partial charge in [-0.05, 0) is 18.2 Å². The topological polar surface area (TPSA) is 53.1 Å². The van der Waals surface area contributed by atoms with Gasteiger partial charge in [-0.1, -0.05) is 35.9 Å². The molecule has 1 aliphatic heterocycles. The molecule has 1 aromatic heterocycles. The number of hydrogen-bond acceptors (Lipinski definition) is 3. The molecule has 0 radical (unpaired) electrons. The maximum absolute atomic E-state index is 14.2. The first-order valence-electron chi connectivity index (χ1n) is 6.67. The van der Waals surface area contributed by atoms with Crippen LogP contribution in [-0.4, -0.2) is 16.0 Å². The molecule has 0 spiro atoms. The lowest BCUT2D eigenvalue weighted by atomic mass is 10.1. The molecule has 2 N–H and O–H groups in total. The van der Waals surface area contributed by atoms with Crippen LogP contribution in [0.3, 0.4) is 0 Å². The maximum atomic E-state index is 14.2. The predicted molar refractivity (Wildman–Crippen MR) is 85.3 cm³/mol. The van der Waals surface area contributed by atoms with E-state index in [2.05, 4.69) is 20.5 Å². The summed E-state index contributed by atoms with van der Waals surface area (Å²) in [5.41, 5.74) is 3.38. The van der Waals surface area contributed by atoms with Crippen molar-refractivity contribution < 1.29 is 4.39 Å². The lowest BCUT2D eigenvalue weighted by Crippen LogP contribution is -2.15. The van der Waals surface area contributed by atoms with E-state index in [1.54, 1.807) is 18.3 Å². The first-order chi connectivity index (χ1) is 10.7. The van der Waals surface area contributed by atoms with E-state index in [1.165, 1.54) is 6.07 Å². The quantitative estimate of drug-likeness (QED) is 0.701. The standard InChI is InChI=1S/C16H10ClFN4/c17-10-5-3-6-11(18)14(10)16-20-12-7-2-1-4-9(12)15-13(21-16)8-19-22-15/h1-8H,(H,19,22)(H,20,21). The first-order valence-corrected chi connectivity index (χ1v) is 7.04. The number of aliphatic imine (C=N–C) groups is 1. The van der Waals surface area contributed by atoms with E-state index in [4.69, 9.17) is 11.6 Å². The van der Waals surface area contributed by atoms with Crippen molar-refractivity contribution in [1.29, 1.82) is 0 Å². The van der Waals surface area contributed by atoms with E-state index in [0.717, 1.165) is 16.9 Å². The Morgan fingerprint density at radius 2 is 1.91 bits per heavy atom. The molecule has 0 aliphatic carbocycles. The van der Waals surface area contributed by atoms with Gasteiger partial charge >= 0.3 is 0 Å². The number of para-hydroxylation sites is 1. The molecule has 22 heavy (non-hydrogen) atoms. The predicted octanol–water partition coefficient (Wildman–Crippen LogP) is 4.37. The molecule has 0 fully saturated rings. The minimum Gasteiger partial charge on any atom is -0.337 e. The highest BCUT2D eigenvalue weighted by Gasteiger charge is 2.21. The van der Waals surface area contributed by atoms with Crippen LogP contribution in [0.25, 0.3) is 11.3 Å². The number of aromatic nitrogens is 2. The summed E-state index contributed by atoms with van der Waals surface area (Å²) in [5.74, 6) is -0.0705. The third kappa shape index (κ3) is 1.98. The number of aromatic amines is 1. The van der Waals surface area contributed by atoms with Crippen molar-refractivity contribution in [2.24, 2.45) is 4.99 Å². The molecule has 1 aliphatic rings. The number of nitrogens with one attached hydrogen (secondary N) is 2. The zero-order valence-electron chi connectivity index (χ0n) is 11.3. The Kier molecular flexibility index (Phi) is 2.94. The van der Waals surface area contributed by atoms with Crippen molar-refractivity contribution in [3.05, 3.63) is 65.1 Å². The minimum absolute atomic E-state index is 0.244. The van der Waals surface area contributed by atoms with Crippen LogP contribution in [0, 0.1) is 5.82 Å². The highest BCUT2D eigenvalue weighted by Crippen LogP contribution is 2.37. The Balaban J connectivity index is 1.99. The van der Waals surface area contributed by atoms with Crippen LogP contribution in [0.5, 0.6) is 0 Å². The molecular formula is C16H10ClFN4. The van der Waals surface area contributed by atoms with E-state index < -0.39 is 5.82 Å². The molecule has 108 valence electrons. The molecule has 6 heteroatoms. The van der Waals surface area contributed by atoms with Crippen LogP contribution in [0.15, 0.2) is 53.7 Å². The van der Waals surface area contributed by atoms with Gasteiger partial charge < -0.3 is 5.32 Å². The second-order valence-corrected chi connectivity index (χ2v) is 5.27. The fourth-order valence-corrected chi connectivity index (χ4v) is 2.74. The van der Waals surface area contributed by atoms with Crippen molar-refractivity contribution in [1.82, 2.24) is 10.2 Å². The van der Waals surface area contributed by atoms with Crippen molar-refractivity contribution in [3.63, 3.8) is 0 Å². The Hall–Kier alpha value is -2.66. The van der Waals surface area contributed by atoms with E-state index in [0.29, 0.717) is 16.5 Å².